The van der Waals surface area contributed by atoms with Crippen molar-refractivity contribution in [1.29, 1.82) is 0 Å². The minimum atomic E-state index is -0.963. The number of hydrogen-bond acceptors (Lipinski definition) is 3. The molecule has 1 atom stereocenters. The number of urea groups is 1. The molecule has 116 valence electrons. The molecular formula is C14H22N4O3. The molecule has 1 fully saturated rings. The van der Waals surface area contributed by atoms with Crippen molar-refractivity contribution in [3.05, 3.63) is 17.5 Å². The summed E-state index contributed by atoms with van der Waals surface area (Å²) >= 11 is 0. The zero-order valence-electron chi connectivity index (χ0n) is 12.4. The van der Waals surface area contributed by atoms with E-state index in [0.717, 1.165) is 37.2 Å². The quantitative estimate of drug-likeness (QED) is 0.655. The highest BCUT2D eigenvalue weighted by molar-refractivity contribution is 5.83. The summed E-state index contributed by atoms with van der Waals surface area (Å²) < 4.78 is 1.90. The SMILES string of the molecule is Cc1cc(C)n(CCCNC(=O)NC(C(=O)O)C2CC2)n1. The fourth-order valence-corrected chi connectivity index (χ4v) is 2.34. The van der Waals surface area contributed by atoms with Crippen molar-refractivity contribution < 1.29 is 14.7 Å². The first-order valence-electron chi connectivity index (χ1n) is 7.25. The third kappa shape index (κ3) is 4.47. The molecule has 1 saturated carbocycles. The molecule has 2 rings (SSSR count). The molecule has 3 N–H and O–H groups in total. The average Bonchev–Trinajstić information content (AvgIpc) is 3.18. The Morgan fingerprint density at radius 1 is 1.48 bits per heavy atom. The molecule has 1 aromatic heterocycles. The standard InChI is InChI=1S/C14H22N4O3/c1-9-8-10(2)18(17-9)7-3-6-15-14(21)16-12(13(19)20)11-4-5-11/h8,11-12H,3-7H2,1-2H3,(H,19,20)(H2,15,16,21). The lowest BCUT2D eigenvalue weighted by Crippen LogP contribution is -2.47. The van der Waals surface area contributed by atoms with E-state index in [1.54, 1.807) is 0 Å². The van der Waals surface area contributed by atoms with Crippen LogP contribution in [0.25, 0.3) is 0 Å². The minimum absolute atomic E-state index is 0.0861. The molecule has 1 unspecified atom stereocenters. The molecule has 7 nitrogen and oxygen atoms in total. The van der Waals surface area contributed by atoms with Crippen LogP contribution >= 0.6 is 0 Å². The number of carboxylic acid groups (broad SMARTS) is 1. The van der Waals surface area contributed by atoms with E-state index in [1.807, 2.05) is 24.6 Å². The molecule has 0 aliphatic heterocycles. The number of carboxylic acids is 1. The minimum Gasteiger partial charge on any atom is -0.480 e. The van der Waals surface area contributed by atoms with Crippen molar-refractivity contribution in [2.24, 2.45) is 5.92 Å². The van der Waals surface area contributed by atoms with E-state index in [2.05, 4.69) is 15.7 Å². The van der Waals surface area contributed by atoms with Gasteiger partial charge in [-0.3, -0.25) is 4.68 Å². The molecule has 1 heterocycles. The molecule has 2 amide bonds. The number of hydrogen-bond donors (Lipinski definition) is 3. The summed E-state index contributed by atoms with van der Waals surface area (Å²) in [5.41, 5.74) is 2.07. The van der Waals surface area contributed by atoms with Crippen LogP contribution < -0.4 is 10.6 Å². The number of amides is 2. The normalized spacial score (nSPS) is 15.5. The molecule has 0 spiro atoms. The summed E-state index contributed by atoms with van der Waals surface area (Å²) in [7, 11) is 0. The monoisotopic (exact) mass is 294 g/mol. The fourth-order valence-electron chi connectivity index (χ4n) is 2.34. The summed E-state index contributed by atoms with van der Waals surface area (Å²) in [6.07, 6.45) is 2.49. The maximum absolute atomic E-state index is 11.7. The number of rotatable bonds is 7. The first-order valence-corrected chi connectivity index (χ1v) is 7.25. The van der Waals surface area contributed by atoms with Crippen molar-refractivity contribution in [2.75, 3.05) is 6.54 Å². The van der Waals surface area contributed by atoms with Gasteiger partial charge in [0, 0.05) is 18.8 Å². The second kappa shape index (κ2) is 6.60. The molecule has 21 heavy (non-hydrogen) atoms. The Morgan fingerprint density at radius 2 is 2.19 bits per heavy atom. The van der Waals surface area contributed by atoms with Gasteiger partial charge in [-0.15, -0.1) is 0 Å². The zero-order chi connectivity index (χ0) is 15.4. The molecule has 0 aromatic carbocycles. The van der Waals surface area contributed by atoms with Crippen LogP contribution in [0, 0.1) is 19.8 Å². The van der Waals surface area contributed by atoms with E-state index in [0.29, 0.717) is 6.54 Å². The first-order chi connectivity index (χ1) is 9.97. The van der Waals surface area contributed by atoms with Gasteiger partial charge < -0.3 is 15.7 Å². The molecule has 1 aromatic rings. The number of nitrogens with zero attached hydrogens (tertiary/aromatic N) is 2. The molecule has 0 radical (unpaired) electrons. The number of carbonyl (C=O) groups excluding carboxylic acids is 1. The number of aromatic nitrogens is 2. The van der Waals surface area contributed by atoms with Crippen LogP contribution in [0.4, 0.5) is 4.79 Å². The van der Waals surface area contributed by atoms with Crippen LogP contribution in [0.5, 0.6) is 0 Å². The zero-order valence-corrected chi connectivity index (χ0v) is 12.4. The Labute approximate surface area is 123 Å². The second-order valence-corrected chi connectivity index (χ2v) is 5.56. The third-order valence-electron chi connectivity index (χ3n) is 3.58. The van der Waals surface area contributed by atoms with Gasteiger partial charge in [0.15, 0.2) is 0 Å². The second-order valence-electron chi connectivity index (χ2n) is 5.56. The number of aryl methyl sites for hydroxylation is 3. The molecule has 1 aliphatic rings. The Morgan fingerprint density at radius 3 is 2.71 bits per heavy atom. The van der Waals surface area contributed by atoms with E-state index in [4.69, 9.17) is 5.11 Å². The van der Waals surface area contributed by atoms with E-state index in [-0.39, 0.29) is 5.92 Å². The van der Waals surface area contributed by atoms with E-state index >= 15 is 0 Å². The predicted octanol–water partition coefficient (Wildman–Crippen LogP) is 1.05. The van der Waals surface area contributed by atoms with E-state index in [1.165, 1.54) is 0 Å². The maximum atomic E-state index is 11.7. The smallest absolute Gasteiger partial charge is 0.326 e. The highest BCUT2D eigenvalue weighted by Crippen LogP contribution is 2.32. The van der Waals surface area contributed by atoms with Gasteiger partial charge in [0.2, 0.25) is 0 Å². The Hall–Kier alpha value is -2.05. The summed E-state index contributed by atoms with van der Waals surface area (Å²) in [5.74, 6) is -0.877. The Balaban J connectivity index is 1.67. The fraction of sp³-hybridized carbons (Fsp3) is 0.643. The van der Waals surface area contributed by atoms with Gasteiger partial charge in [-0.2, -0.15) is 5.10 Å². The van der Waals surface area contributed by atoms with Gasteiger partial charge in [0.05, 0.1) is 5.69 Å². The highest BCUT2D eigenvalue weighted by Gasteiger charge is 2.37. The highest BCUT2D eigenvalue weighted by atomic mass is 16.4. The van der Waals surface area contributed by atoms with Crippen LogP contribution in [-0.2, 0) is 11.3 Å². The van der Waals surface area contributed by atoms with Crippen LogP contribution in [0.15, 0.2) is 6.07 Å². The molecule has 0 saturated heterocycles. The van der Waals surface area contributed by atoms with Crippen molar-refractivity contribution >= 4 is 12.0 Å². The summed E-state index contributed by atoms with van der Waals surface area (Å²) in [5, 5.41) is 18.6. The molecule has 1 aliphatic carbocycles. The molecule has 0 bridgehead atoms. The third-order valence-corrected chi connectivity index (χ3v) is 3.58. The van der Waals surface area contributed by atoms with E-state index < -0.39 is 18.0 Å². The average molecular weight is 294 g/mol. The predicted molar refractivity (Wildman–Crippen MR) is 77.0 cm³/mol. The summed E-state index contributed by atoms with van der Waals surface area (Å²) in [6.45, 7) is 5.15. The largest absolute Gasteiger partial charge is 0.480 e. The first kappa shape index (κ1) is 15.3. The van der Waals surface area contributed by atoms with Gasteiger partial charge in [-0.05, 0) is 45.1 Å². The van der Waals surface area contributed by atoms with Gasteiger partial charge >= 0.3 is 12.0 Å². The van der Waals surface area contributed by atoms with Crippen LogP contribution in [0.2, 0.25) is 0 Å². The van der Waals surface area contributed by atoms with E-state index in [9.17, 15) is 9.59 Å². The van der Waals surface area contributed by atoms with Gasteiger partial charge in [-0.1, -0.05) is 0 Å². The van der Waals surface area contributed by atoms with Gasteiger partial charge in [-0.25, -0.2) is 9.59 Å². The lowest BCUT2D eigenvalue weighted by atomic mass is 10.2. The molecular weight excluding hydrogens is 272 g/mol. The maximum Gasteiger partial charge on any atom is 0.326 e. The Kier molecular flexibility index (Phi) is 4.82. The van der Waals surface area contributed by atoms with Crippen molar-refractivity contribution in [2.45, 2.75) is 45.7 Å². The van der Waals surface area contributed by atoms with Crippen molar-refractivity contribution in [3.8, 4) is 0 Å². The number of nitrogens with one attached hydrogen (secondary N) is 2. The Bertz CT molecular complexity index is 522. The topological polar surface area (TPSA) is 96.2 Å². The van der Waals surface area contributed by atoms with Gasteiger partial charge in [0.1, 0.15) is 6.04 Å². The number of carbonyl (C=O) groups is 2. The van der Waals surface area contributed by atoms with Crippen molar-refractivity contribution in [3.63, 3.8) is 0 Å². The number of aliphatic carboxylic acids is 1. The lowest BCUT2D eigenvalue weighted by Gasteiger charge is -2.14. The summed E-state index contributed by atoms with van der Waals surface area (Å²) in [4.78, 5) is 22.7. The lowest BCUT2D eigenvalue weighted by molar-refractivity contribution is -0.139. The van der Waals surface area contributed by atoms with Crippen LogP contribution in [0.3, 0.4) is 0 Å². The van der Waals surface area contributed by atoms with Gasteiger partial charge in [0.25, 0.3) is 0 Å². The molecule has 7 heteroatoms. The van der Waals surface area contributed by atoms with Crippen LogP contribution in [0.1, 0.15) is 30.7 Å². The van der Waals surface area contributed by atoms with Crippen LogP contribution in [-0.4, -0.2) is 39.5 Å². The summed E-state index contributed by atoms with van der Waals surface area (Å²) in [6, 6.07) is 0.830. The van der Waals surface area contributed by atoms with Crippen molar-refractivity contribution in [1.82, 2.24) is 20.4 Å².